The number of ether oxygens (including phenoxy) is 2. The summed E-state index contributed by atoms with van der Waals surface area (Å²) in [7, 11) is 0. The highest BCUT2D eigenvalue weighted by atomic mass is 16.5. The van der Waals surface area contributed by atoms with E-state index in [0.717, 1.165) is 6.42 Å². The summed E-state index contributed by atoms with van der Waals surface area (Å²) >= 11 is 0. The van der Waals surface area contributed by atoms with Crippen LogP contribution in [0.2, 0.25) is 0 Å². The monoisotopic (exact) mass is 266 g/mol. The number of carbonyl (C=O) groups is 1. The highest BCUT2D eigenvalue weighted by molar-refractivity contribution is 5.70. The summed E-state index contributed by atoms with van der Waals surface area (Å²) in [6.45, 7) is 4.58. The molecule has 104 valence electrons. The molecule has 5 heteroatoms. The van der Waals surface area contributed by atoms with Crippen LogP contribution in [0.15, 0.2) is 12.1 Å². The molecule has 2 rings (SSSR count). The number of phenols is 1. The van der Waals surface area contributed by atoms with Gasteiger partial charge in [0.05, 0.1) is 19.6 Å². The van der Waals surface area contributed by atoms with E-state index in [-0.39, 0.29) is 12.2 Å². The molecular weight excluding hydrogens is 248 g/mol. The van der Waals surface area contributed by atoms with Gasteiger partial charge in [-0.1, -0.05) is 13.8 Å². The summed E-state index contributed by atoms with van der Waals surface area (Å²) in [5.41, 5.74) is -0.246. The predicted octanol–water partition coefficient (Wildman–Crippen LogP) is 2.31. The number of rotatable bonds is 3. The molecule has 2 N–H and O–H groups in total. The molecule has 0 aliphatic carbocycles. The zero-order valence-corrected chi connectivity index (χ0v) is 11.1. The molecule has 0 radical (unpaired) electrons. The fraction of sp³-hybridized carbons (Fsp3) is 0.500. The Morgan fingerprint density at radius 2 is 2.00 bits per heavy atom. The van der Waals surface area contributed by atoms with Gasteiger partial charge in [0.2, 0.25) is 0 Å². The molecule has 0 aromatic heterocycles. The molecule has 0 saturated carbocycles. The summed E-state index contributed by atoms with van der Waals surface area (Å²) in [6.07, 6.45) is 0.661. The van der Waals surface area contributed by atoms with Gasteiger partial charge in [0.25, 0.3) is 0 Å². The highest BCUT2D eigenvalue weighted by Gasteiger charge is 2.33. The van der Waals surface area contributed by atoms with Gasteiger partial charge in [-0.05, 0) is 12.1 Å². The number of phenolic OH excluding ortho intramolecular Hbond substituents is 1. The Balaban J connectivity index is 2.52. The van der Waals surface area contributed by atoms with Crippen molar-refractivity contribution in [3.8, 4) is 17.2 Å². The van der Waals surface area contributed by atoms with E-state index < -0.39 is 11.4 Å². The molecule has 19 heavy (non-hydrogen) atoms. The average Bonchev–Trinajstić information content (AvgIpc) is 2.51. The van der Waals surface area contributed by atoms with Crippen LogP contribution in [-0.4, -0.2) is 29.4 Å². The molecule has 1 aromatic carbocycles. The first kappa shape index (κ1) is 13.5. The van der Waals surface area contributed by atoms with Crippen molar-refractivity contribution in [1.82, 2.24) is 0 Å². The number of benzene rings is 1. The molecule has 5 nitrogen and oxygen atoms in total. The second-order valence-corrected chi connectivity index (χ2v) is 5.29. The standard InChI is InChI=1S/C14H18O5/c1-14(2,8-11(16)17)12-9(15)4-5-10-13(12)19-7-3-6-18-10/h4-5,15H,3,6-8H2,1-2H3,(H,16,17). The largest absolute Gasteiger partial charge is 0.508 e. The minimum atomic E-state index is -0.920. The van der Waals surface area contributed by atoms with Crippen molar-refractivity contribution in [3.63, 3.8) is 0 Å². The Morgan fingerprint density at radius 3 is 2.68 bits per heavy atom. The van der Waals surface area contributed by atoms with Crippen molar-refractivity contribution in [2.75, 3.05) is 13.2 Å². The number of fused-ring (bicyclic) bond motifs is 1. The molecule has 0 bridgehead atoms. The molecule has 1 aliphatic rings. The van der Waals surface area contributed by atoms with Crippen molar-refractivity contribution in [3.05, 3.63) is 17.7 Å². The Morgan fingerprint density at radius 1 is 1.32 bits per heavy atom. The third-order valence-corrected chi connectivity index (χ3v) is 3.16. The van der Waals surface area contributed by atoms with E-state index in [1.165, 1.54) is 6.07 Å². The molecule has 0 fully saturated rings. The number of hydrogen-bond donors (Lipinski definition) is 2. The van der Waals surface area contributed by atoms with Gasteiger partial charge in [-0.15, -0.1) is 0 Å². The van der Waals surface area contributed by atoms with Crippen LogP contribution in [0.25, 0.3) is 0 Å². The first-order valence-electron chi connectivity index (χ1n) is 6.25. The summed E-state index contributed by atoms with van der Waals surface area (Å²) in [4.78, 5) is 11.0. The first-order chi connectivity index (χ1) is 8.92. The summed E-state index contributed by atoms with van der Waals surface area (Å²) in [5.74, 6) is 0.138. The topological polar surface area (TPSA) is 76.0 Å². The molecule has 1 aliphatic heterocycles. The quantitative estimate of drug-likeness (QED) is 0.878. The van der Waals surface area contributed by atoms with Crippen LogP contribution in [0.1, 0.15) is 32.3 Å². The third-order valence-electron chi connectivity index (χ3n) is 3.16. The van der Waals surface area contributed by atoms with Gasteiger partial charge < -0.3 is 19.7 Å². The van der Waals surface area contributed by atoms with Crippen LogP contribution in [0.3, 0.4) is 0 Å². The maximum Gasteiger partial charge on any atom is 0.304 e. The SMILES string of the molecule is CC(C)(CC(=O)O)c1c(O)ccc2c1OCCCO2. The van der Waals surface area contributed by atoms with Gasteiger partial charge in [0.1, 0.15) is 5.75 Å². The number of carboxylic acids is 1. The number of aromatic hydroxyl groups is 1. The van der Waals surface area contributed by atoms with E-state index in [4.69, 9.17) is 14.6 Å². The zero-order valence-electron chi connectivity index (χ0n) is 11.1. The number of aliphatic carboxylic acids is 1. The maximum absolute atomic E-state index is 11.0. The molecule has 1 aromatic rings. The molecule has 1 heterocycles. The van der Waals surface area contributed by atoms with Gasteiger partial charge >= 0.3 is 5.97 Å². The summed E-state index contributed by atoms with van der Waals surface area (Å²) < 4.78 is 11.2. The molecule has 0 atom stereocenters. The van der Waals surface area contributed by atoms with Crippen LogP contribution < -0.4 is 9.47 Å². The Labute approximate surface area is 111 Å². The summed E-state index contributed by atoms with van der Waals surface area (Å²) in [5, 5.41) is 19.1. The Bertz CT molecular complexity index is 493. The maximum atomic E-state index is 11.0. The highest BCUT2D eigenvalue weighted by Crippen LogP contribution is 2.46. The number of carboxylic acid groups (broad SMARTS) is 1. The third kappa shape index (κ3) is 2.75. The lowest BCUT2D eigenvalue weighted by atomic mass is 9.80. The lowest BCUT2D eigenvalue weighted by Crippen LogP contribution is -2.23. The van der Waals surface area contributed by atoms with Crippen molar-refractivity contribution >= 4 is 5.97 Å². The van der Waals surface area contributed by atoms with Crippen LogP contribution in [0, 0.1) is 0 Å². The van der Waals surface area contributed by atoms with E-state index in [1.54, 1.807) is 19.9 Å². The zero-order chi connectivity index (χ0) is 14.0. The van der Waals surface area contributed by atoms with Crippen LogP contribution in [0.4, 0.5) is 0 Å². The molecule has 0 unspecified atom stereocenters. The van der Waals surface area contributed by atoms with Crippen molar-refractivity contribution in [1.29, 1.82) is 0 Å². The predicted molar refractivity (Wildman–Crippen MR) is 69.0 cm³/mol. The fourth-order valence-corrected chi connectivity index (χ4v) is 2.35. The lowest BCUT2D eigenvalue weighted by Gasteiger charge is -2.27. The van der Waals surface area contributed by atoms with Crippen molar-refractivity contribution in [2.24, 2.45) is 0 Å². The summed E-state index contributed by atoms with van der Waals surface area (Å²) in [6, 6.07) is 3.17. The number of hydrogen-bond acceptors (Lipinski definition) is 4. The molecule has 0 saturated heterocycles. The fourth-order valence-electron chi connectivity index (χ4n) is 2.35. The Hall–Kier alpha value is -1.91. The van der Waals surface area contributed by atoms with Gasteiger partial charge in [-0.3, -0.25) is 4.79 Å². The molecule has 0 spiro atoms. The van der Waals surface area contributed by atoms with E-state index >= 15 is 0 Å². The molecular formula is C14H18O5. The van der Waals surface area contributed by atoms with E-state index in [1.807, 2.05) is 0 Å². The van der Waals surface area contributed by atoms with E-state index in [2.05, 4.69) is 0 Å². The average molecular weight is 266 g/mol. The van der Waals surface area contributed by atoms with E-state index in [0.29, 0.717) is 30.3 Å². The van der Waals surface area contributed by atoms with Crippen LogP contribution in [0.5, 0.6) is 17.2 Å². The molecule has 0 amide bonds. The lowest BCUT2D eigenvalue weighted by molar-refractivity contribution is -0.138. The van der Waals surface area contributed by atoms with E-state index in [9.17, 15) is 9.90 Å². The second kappa shape index (κ2) is 4.99. The van der Waals surface area contributed by atoms with Crippen molar-refractivity contribution < 1.29 is 24.5 Å². The minimum Gasteiger partial charge on any atom is -0.508 e. The van der Waals surface area contributed by atoms with Crippen LogP contribution >= 0.6 is 0 Å². The van der Waals surface area contributed by atoms with Gasteiger partial charge in [0, 0.05) is 17.4 Å². The van der Waals surface area contributed by atoms with Gasteiger partial charge in [0.15, 0.2) is 11.5 Å². The Kier molecular flexibility index (Phi) is 3.55. The van der Waals surface area contributed by atoms with Crippen LogP contribution in [-0.2, 0) is 10.2 Å². The second-order valence-electron chi connectivity index (χ2n) is 5.29. The van der Waals surface area contributed by atoms with Crippen molar-refractivity contribution in [2.45, 2.75) is 32.1 Å². The minimum absolute atomic E-state index is 0.0375. The van der Waals surface area contributed by atoms with Gasteiger partial charge in [-0.2, -0.15) is 0 Å². The first-order valence-corrected chi connectivity index (χ1v) is 6.25. The normalized spacial score (nSPS) is 14.8. The smallest absolute Gasteiger partial charge is 0.304 e. The van der Waals surface area contributed by atoms with Gasteiger partial charge in [-0.25, -0.2) is 0 Å².